The lowest BCUT2D eigenvalue weighted by atomic mass is 10.1. The first-order valence-corrected chi connectivity index (χ1v) is 8.87. The molecule has 0 unspecified atom stereocenters. The Morgan fingerprint density at radius 3 is 2.41 bits per heavy atom. The highest BCUT2D eigenvalue weighted by molar-refractivity contribution is 5.97. The first kappa shape index (κ1) is 20.4. The number of hydrogen-bond donors (Lipinski definition) is 0. The molecule has 0 radical (unpaired) electrons. The van der Waals surface area contributed by atoms with E-state index in [1.807, 2.05) is 0 Å². The molecule has 0 saturated carbocycles. The molecule has 0 fully saturated rings. The van der Waals surface area contributed by atoms with Crippen LogP contribution in [0.3, 0.4) is 0 Å². The average Bonchev–Trinajstić information content (AvgIpc) is 2.69. The number of ether oxygens (including phenoxy) is 2. The maximum atomic E-state index is 13.1. The Bertz CT molecular complexity index is 761. The van der Waals surface area contributed by atoms with E-state index in [1.165, 1.54) is 19.2 Å². The Kier molecular flexibility index (Phi) is 7.79. The van der Waals surface area contributed by atoms with Crippen LogP contribution in [0.2, 0.25) is 0 Å². The lowest BCUT2D eigenvalue weighted by Gasteiger charge is -2.23. The van der Waals surface area contributed by atoms with Gasteiger partial charge >= 0.3 is 5.97 Å². The molecule has 27 heavy (non-hydrogen) atoms. The van der Waals surface area contributed by atoms with Gasteiger partial charge in [0.25, 0.3) is 5.91 Å². The number of amides is 1. The van der Waals surface area contributed by atoms with Gasteiger partial charge in [-0.25, -0.2) is 4.39 Å². The number of rotatable bonds is 9. The van der Waals surface area contributed by atoms with Crippen molar-refractivity contribution in [2.75, 3.05) is 26.8 Å². The molecule has 0 bridgehead atoms. The van der Waals surface area contributed by atoms with E-state index in [-0.39, 0.29) is 30.7 Å². The minimum atomic E-state index is -0.350. The van der Waals surface area contributed by atoms with Gasteiger partial charge in [0, 0.05) is 13.1 Å². The predicted octanol–water partition coefficient (Wildman–Crippen LogP) is 3.47. The molecule has 2 aromatic rings. The molecule has 0 N–H and O–H groups in total. The number of carbonyl (C=O) groups excluding carboxylic acids is 2. The number of esters is 1. The van der Waals surface area contributed by atoms with Crippen molar-refractivity contribution in [2.45, 2.75) is 19.8 Å². The van der Waals surface area contributed by atoms with E-state index in [0.29, 0.717) is 30.9 Å². The largest absolute Gasteiger partial charge is 0.496 e. The third kappa shape index (κ3) is 6.09. The lowest BCUT2D eigenvalue weighted by molar-refractivity contribution is -0.143. The second-order valence-corrected chi connectivity index (χ2v) is 5.92. The monoisotopic (exact) mass is 373 g/mol. The summed E-state index contributed by atoms with van der Waals surface area (Å²) in [7, 11) is 1.51. The highest BCUT2D eigenvalue weighted by Gasteiger charge is 2.20. The van der Waals surface area contributed by atoms with Crippen LogP contribution >= 0.6 is 0 Å². The van der Waals surface area contributed by atoms with Crippen molar-refractivity contribution < 1.29 is 23.5 Å². The third-order valence-electron chi connectivity index (χ3n) is 4.10. The Morgan fingerprint density at radius 1 is 1.04 bits per heavy atom. The molecule has 0 atom stereocenters. The topological polar surface area (TPSA) is 55.8 Å². The van der Waals surface area contributed by atoms with Crippen molar-refractivity contribution in [1.82, 2.24) is 4.90 Å². The Labute approximate surface area is 158 Å². The van der Waals surface area contributed by atoms with Gasteiger partial charge in [-0.3, -0.25) is 9.59 Å². The molecule has 2 aromatic carbocycles. The summed E-state index contributed by atoms with van der Waals surface area (Å²) < 4.78 is 23.3. The molecule has 1 amide bonds. The van der Waals surface area contributed by atoms with Gasteiger partial charge in [0.05, 0.1) is 25.7 Å². The molecule has 0 aliphatic carbocycles. The van der Waals surface area contributed by atoms with Gasteiger partial charge < -0.3 is 14.4 Å². The third-order valence-corrected chi connectivity index (χ3v) is 4.10. The zero-order valence-electron chi connectivity index (χ0n) is 15.6. The minimum absolute atomic E-state index is 0.109. The quantitative estimate of drug-likeness (QED) is 0.632. The van der Waals surface area contributed by atoms with Crippen LogP contribution in [0.5, 0.6) is 5.75 Å². The zero-order valence-corrected chi connectivity index (χ0v) is 15.6. The summed E-state index contributed by atoms with van der Waals surface area (Å²) in [6.07, 6.45) is 0.655. The van der Waals surface area contributed by atoms with Crippen LogP contribution in [0.25, 0.3) is 0 Å². The fourth-order valence-corrected chi connectivity index (χ4v) is 2.68. The molecule has 0 aliphatic rings. The number of halogens is 1. The van der Waals surface area contributed by atoms with Gasteiger partial charge in [-0.1, -0.05) is 24.3 Å². The first-order chi connectivity index (χ1) is 13.0. The molecule has 6 heteroatoms. The highest BCUT2D eigenvalue weighted by Crippen LogP contribution is 2.20. The zero-order chi connectivity index (χ0) is 19.6. The summed E-state index contributed by atoms with van der Waals surface area (Å²) in [5, 5.41) is 0. The van der Waals surface area contributed by atoms with Crippen molar-refractivity contribution in [1.29, 1.82) is 0 Å². The van der Waals surface area contributed by atoms with E-state index in [1.54, 1.807) is 48.2 Å². The SMILES string of the molecule is CCOC(=O)CCN(CCc1ccc(F)cc1)C(=O)c1ccccc1OC. The van der Waals surface area contributed by atoms with Crippen LogP contribution in [0.4, 0.5) is 4.39 Å². The maximum Gasteiger partial charge on any atom is 0.307 e. The van der Waals surface area contributed by atoms with Gasteiger partial charge in [0.15, 0.2) is 0 Å². The number of benzene rings is 2. The van der Waals surface area contributed by atoms with Gasteiger partial charge in [-0.2, -0.15) is 0 Å². The lowest BCUT2D eigenvalue weighted by Crippen LogP contribution is -2.35. The van der Waals surface area contributed by atoms with Gasteiger partial charge in [0.1, 0.15) is 11.6 Å². The molecule has 0 aromatic heterocycles. The van der Waals surface area contributed by atoms with E-state index >= 15 is 0 Å². The number of methoxy groups -OCH3 is 1. The fraction of sp³-hybridized carbons (Fsp3) is 0.333. The standard InChI is InChI=1S/C21H24FNO4/c1-3-27-20(24)13-15-23(14-12-16-8-10-17(22)11-9-16)21(25)18-6-4-5-7-19(18)26-2/h4-11H,3,12-15H2,1-2H3. The normalized spacial score (nSPS) is 10.3. The maximum absolute atomic E-state index is 13.1. The van der Waals surface area contributed by atoms with Crippen molar-refractivity contribution >= 4 is 11.9 Å². The number of carbonyl (C=O) groups is 2. The average molecular weight is 373 g/mol. The van der Waals surface area contributed by atoms with Gasteiger partial charge in [-0.15, -0.1) is 0 Å². The molecule has 0 spiro atoms. The summed E-state index contributed by atoms with van der Waals surface area (Å²) in [6.45, 7) is 2.66. The second kappa shape index (κ2) is 10.3. The number of nitrogens with zero attached hydrogens (tertiary/aromatic N) is 1. The van der Waals surface area contributed by atoms with Gasteiger partial charge in [0.2, 0.25) is 0 Å². The van der Waals surface area contributed by atoms with Crippen LogP contribution in [-0.4, -0.2) is 43.6 Å². The summed E-state index contributed by atoms with van der Waals surface area (Å²) in [5.74, 6) is -0.399. The summed E-state index contributed by atoms with van der Waals surface area (Å²) in [6, 6.07) is 13.1. The Balaban J connectivity index is 2.13. The van der Waals surface area contributed by atoms with Crippen LogP contribution in [-0.2, 0) is 16.0 Å². The highest BCUT2D eigenvalue weighted by atomic mass is 19.1. The summed E-state index contributed by atoms with van der Waals surface area (Å²) in [4.78, 5) is 26.3. The van der Waals surface area contributed by atoms with E-state index in [9.17, 15) is 14.0 Å². The summed E-state index contributed by atoms with van der Waals surface area (Å²) >= 11 is 0. The van der Waals surface area contributed by atoms with E-state index < -0.39 is 0 Å². The molecular weight excluding hydrogens is 349 g/mol. The fourth-order valence-electron chi connectivity index (χ4n) is 2.68. The molecule has 0 heterocycles. The van der Waals surface area contributed by atoms with Crippen LogP contribution in [0, 0.1) is 5.82 Å². The summed E-state index contributed by atoms with van der Waals surface area (Å²) in [5.41, 5.74) is 1.34. The van der Waals surface area contributed by atoms with E-state index in [4.69, 9.17) is 9.47 Å². The molecule has 144 valence electrons. The number of para-hydroxylation sites is 1. The second-order valence-electron chi connectivity index (χ2n) is 5.92. The van der Waals surface area contributed by atoms with Crippen LogP contribution in [0.15, 0.2) is 48.5 Å². The smallest absolute Gasteiger partial charge is 0.307 e. The van der Waals surface area contributed by atoms with Gasteiger partial charge in [-0.05, 0) is 43.2 Å². The van der Waals surface area contributed by atoms with E-state index in [0.717, 1.165) is 5.56 Å². The molecule has 0 aliphatic heterocycles. The van der Waals surface area contributed by atoms with Crippen molar-refractivity contribution in [2.24, 2.45) is 0 Å². The van der Waals surface area contributed by atoms with Crippen LogP contribution < -0.4 is 4.74 Å². The molecular formula is C21H24FNO4. The van der Waals surface area contributed by atoms with Crippen molar-refractivity contribution in [3.8, 4) is 5.75 Å². The number of hydrogen-bond acceptors (Lipinski definition) is 4. The molecule has 2 rings (SSSR count). The van der Waals surface area contributed by atoms with Crippen molar-refractivity contribution in [3.05, 3.63) is 65.5 Å². The predicted molar refractivity (Wildman–Crippen MR) is 100 cm³/mol. The van der Waals surface area contributed by atoms with E-state index in [2.05, 4.69) is 0 Å². The first-order valence-electron chi connectivity index (χ1n) is 8.87. The Hall–Kier alpha value is -2.89. The van der Waals surface area contributed by atoms with Crippen LogP contribution in [0.1, 0.15) is 29.3 Å². The minimum Gasteiger partial charge on any atom is -0.496 e. The molecule has 0 saturated heterocycles. The van der Waals surface area contributed by atoms with Crippen molar-refractivity contribution in [3.63, 3.8) is 0 Å². The molecule has 5 nitrogen and oxygen atoms in total. The Morgan fingerprint density at radius 2 is 1.74 bits per heavy atom.